The molecule has 0 aliphatic heterocycles. The average Bonchev–Trinajstić information content (AvgIpc) is 2.63. The van der Waals surface area contributed by atoms with E-state index in [1.807, 2.05) is 0 Å². The number of fused-ring (bicyclic) bond motifs is 1. The van der Waals surface area contributed by atoms with Crippen molar-refractivity contribution in [2.75, 3.05) is 6.61 Å². The quantitative estimate of drug-likeness (QED) is 0.409. The third-order valence-corrected chi connectivity index (χ3v) is 3.92. The molecule has 3 rings (SSSR count). The smallest absolute Gasteiger partial charge is 0.349 e. The Kier molecular flexibility index (Phi) is 5.04. The number of hydrogen-bond donors (Lipinski definition) is 1. The summed E-state index contributed by atoms with van der Waals surface area (Å²) in [6.45, 7) is 1.88. The summed E-state index contributed by atoms with van der Waals surface area (Å²) in [5, 5.41) is 15.4. The van der Waals surface area contributed by atoms with Gasteiger partial charge in [0, 0.05) is 11.6 Å². The first-order valence-electron chi connectivity index (χ1n) is 7.81. The van der Waals surface area contributed by atoms with Gasteiger partial charge in [0.05, 0.1) is 33.7 Å². The Balaban J connectivity index is 2.09. The van der Waals surface area contributed by atoms with Crippen molar-refractivity contribution < 1.29 is 9.66 Å². The van der Waals surface area contributed by atoms with Gasteiger partial charge in [-0.15, -0.1) is 4.68 Å². The normalized spacial score (nSPS) is 11.2. The molecule has 0 atom stereocenters. The van der Waals surface area contributed by atoms with Gasteiger partial charge in [0.15, 0.2) is 0 Å². The van der Waals surface area contributed by atoms with Crippen LogP contribution in [0.2, 0.25) is 5.02 Å². The predicted octanol–water partition coefficient (Wildman–Crippen LogP) is 2.53. The minimum atomic E-state index is -0.735. The third-order valence-electron chi connectivity index (χ3n) is 3.64. The Hall–Kier alpha value is -3.46. The summed E-state index contributed by atoms with van der Waals surface area (Å²) in [5.74, 6) is -0.0537. The molecule has 9 nitrogen and oxygen atoms in total. The number of nitrogens with one attached hydrogen (secondary N) is 1. The van der Waals surface area contributed by atoms with Crippen LogP contribution in [0.25, 0.3) is 10.9 Å². The second-order valence-corrected chi connectivity index (χ2v) is 5.79. The van der Waals surface area contributed by atoms with Gasteiger partial charge in [-0.3, -0.25) is 14.9 Å². The van der Waals surface area contributed by atoms with E-state index in [0.29, 0.717) is 10.2 Å². The summed E-state index contributed by atoms with van der Waals surface area (Å²) in [4.78, 5) is 37.7. The monoisotopic (exact) mass is 388 g/mol. The summed E-state index contributed by atoms with van der Waals surface area (Å²) in [5.41, 5.74) is -1.07. The Bertz CT molecular complexity index is 1180. The largest absolute Gasteiger partial charge is 0.486 e. The van der Waals surface area contributed by atoms with Crippen molar-refractivity contribution in [2.24, 2.45) is 5.10 Å². The lowest BCUT2D eigenvalue weighted by Crippen LogP contribution is -2.32. The number of ether oxygens (including phenoxy) is 1. The van der Waals surface area contributed by atoms with Crippen LogP contribution in [0.15, 0.2) is 51.1 Å². The molecule has 0 unspecified atom stereocenters. The topological polar surface area (TPSA) is 120 Å². The minimum absolute atomic E-state index is 0.0206. The molecular weight excluding hydrogens is 376 g/mol. The number of hydrogen-bond acceptors (Lipinski definition) is 6. The van der Waals surface area contributed by atoms with Gasteiger partial charge in [-0.25, -0.2) is 4.79 Å². The first-order chi connectivity index (χ1) is 12.9. The van der Waals surface area contributed by atoms with E-state index in [1.54, 1.807) is 31.2 Å². The van der Waals surface area contributed by atoms with E-state index in [4.69, 9.17) is 16.3 Å². The molecule has 2 aromatic carbocycles. The number of nitro groups is 1. The summed E-state index contributed by atoms with van der Waals surface area (Å²) >= 11 is 6.05. The van der Waals surface area contributed by atoms with Gasteiger partial charge in [0.1, 0.15) is 0 Å². The van der Waals surface area contributed by atoms with Crippen LogP contribution in [0.5, 0.6) is 5.75 Å². The van der Waals surface area contributed by atoms with Crippen molar-refractivity contribution in [3.05, 3.63) is 77.9 Å². The number of nitrogens with zero attached hydrogens (tertiary/aromatic N) is 3. The number of halogens is 1. The molecule has 1 N–H and O–H groups in total. The zero-order chi connectivity index (χ0) is 19.6. The average molecular weight is 389 g/mol. The van der Waals surface area contributed by atoms with Crippen molar-refractivity contribution in [3.63, 3.8) is 0 Å². The number of H-pyrrole nitrogens is 1. The van der Waals surface area contributed by atoms with Crippen LogP contribution in [-0.2, 0) is 0 Å². The first kappa shape index (κ1) is 18.3. The van der Waals surface area contributed by atoms with Crippen molar-refractivity contribution in [3.8, 4) is 5.75 Å². The van der Waals surface area contributed by atoms with Crippen molar-refractivity contribution in [1.82, 2.24) is 9.66 Å². The van der Waals surface area contributed by atoms with Crippen molar-refractivity contribution >= 4 is 34.4 Å². The van der Waals surface area contributed by atoms with Crippen LogP contribution in [0, 0.1) is 10.1 Å². The second-order valence-electron chi connectivity index (χ2n) is 5.38. The number of aromatic amines is 1. The van der Waals surface area contributed by atoms with E-state index in [2.05, 4.69) is 10.1 Å². The molecule has 0 fully saturated rings. The molecule has 27 heavy (non-hydrogen) atoms. The lowest BCUT2D eigenvalue weighted by Gasteiger charge is -2.07. The maximum Gasteiger partial charge on any atom is 0.349 e. The molecule has 0 aliphatic carbocycles. The van der Waals surface area contributed by atoms with Crippen LogP contribution in [0.3, 0.4) is 0 Å². The van der Waals surface area contributed by atoms with E-state index >= 15 is 0 Å². The van der Waals surface area contributed by atoms with E-state index in [-0.39, 0.29) is 34.0 Å². The van der Waals surface area contributed by atoms with E-state index in [0.717, 1.165) is 6.21 Å². The Morgan fingerprint density at radius 2 is 2.07 bits per heavy atom. The van der Waals surface area contributed by atoms with Crippen LogP contribution >= 0.6 is 11.6 Å². The Morgan fingerprint density at radius 3 is 2.78 bits per heavy atom. The highest BCUT2D eigenvalue weighted by Gasteiger charge is 2.20. The maximum absolute atomic E-state index is 12.4. The van der Waals surface area contributed by atoms with Gasteiger partial charge < -0.3 is 9.72 Å². The van der Waals surface area contributed by atoms with Gasteiger partial charge in [-0.1, -0.05) is 23.7 Å². The molecule has 0 spiro atoms. The predicted molar refractivity (Wildman–Crippen MR) is 101 cm³/mol. The number of nitro benzene ring substituents is 1. The van der Waals surface area contributed by atoms with Gasteiger partial charge in [0.25, 0.3) is 5.56 Å². The fourth-order valence-electron chi connectivity index (χ4n) is 2.48. The summed E-state index contributed by atoms with van der Waals surface area (Å²) in [6.07, 6.45) is 1.14. The van der Waals surface area contributed by atoms with Crippen LogP contribution in [0.1, 0.15) is 12.5 Å². The molecule has 0 bridgehead atoms. The third kappa shape index (κ3) is 3.58. The molecule has 10 heteroatoms. The molecule has 0 radical (unpaired) electrons. The highest BCUT2D eigenvalue weighted by Crippen LogP contribution is 2.35. The van der Waals surface area contributed by atoms with Crippen LogP contribution in [-0.4, -0.2) is 27.4 Å². The van der Waals surface area contributed by atoms with Crippen LogP contribution in [0.4, 0.5) is 5.69 Å². The zero-order valence-electron chi connectivity index (χ0n) is 14.0. The van der Waals surface area contributed by atoms with Crippen LogP contribution < -0.4 is 16.0 Å². The molecule has 0 aliphatic rings. The minimum Gasteiger partial charge on any atom is -0.486 e. The van der Waals surface area contributed by atoms with Gasteiger partial charge in [-0.05, 0) is 25.1 Å². The molecular formula is C17H13ClN4O5. The lowest BCUT2D eigenvalue weighted by molar-refractivity contribution is -0.385. The van der Waals surface area contributed by atoms with Crippen molar-refractivity contribution in [1.29, 1.82) is 0 Å². The Labute approximate surface area is 156 Å². The van der Waals surface area contributed by atoms with E-state index in [9.17, 15) is 19.7 Å². The zero-order valence-corrected chi connectivity index (χ0v) is 14.8. The Morgan fingerprint density at radius 1 is 1.33 bits per heavy atom. The molecule has 0 saturated heterocycles. The molecule has 3 aromatic rings. The van der Waals surface area contributed by atoms with Crippen molar-refractivity contribution in [2.45, 2.75) is 6.92 Å². The molecule has 0 amide bonds. The van der Waals surface area contributed by atoms with E-state index in [1.165, 1.54) is 12.1 Å². The molecule has 138 valence electrons. The standard InChI is InChI=1S/C17H13ClN4O5/c1-2-27-15-12(18)7-10(8-14(15)22(25)26)9-19-21-16(23)11-5-3-4-6-13(11)20-17(21)24/h3-9H,2H2,1H3,(H,20,24). The SMILES string of the molecule is CCOc1c(Cl)cc(C=Nn2c(=O)[nH]c3ccccc3c2=O)cc1[N+](=O)[O-]. The fraction of sp³-hybridized carbons (Fsp3) is 0.118. The maximum atomic E-state index is 12.4. The van der Waals surface area contributed by atoms with Gasteiger partial charge in [0.2, 0.25) is 5.75 Å². The summed E-state index contributed by atoms with van der Waals surface area (Å²) in [7, 11) is 0. The second kappa shape index (κ2) is 7.42. The summed E-state index contributed by atoms with van der Waals surface area (Å²) < 4.78 is 5.84. The fourth-order valence-corrected chi connectivity index (χ4v) is 2.76. The van der Waals surface area contributed by atoms with Gasteiger partial charge >= 0.3 is 11.4 Å². The molecule has 1 aromatic heterocycles. The number of benzene rings is 2. The number of rotatable bonds is 5. The van der Waals surface area contributed by atoms with Gasteiger partial charge in [-0.2, -0.15) is 5.10 Å². The number of para-hydroxylation sites is 1. The molecule has 0 saturated carbocycles. The highest BCUT2D eigenvalue weighted by atomic mass is 35.5. The first-order valence-corrected chi connectivity index (χ1v) is 8.19. The summed E-state index contributed by atoms with van der Waals surface area (Å²) in [6, 6.07) is 9.09. The highest BCUT2D eigenvalue weighted by molar-refractivity contribution is 6.32. The van der Waals surface area contributed by atoms with E-state index < -0.39 is 16.2 Å². The molecule has 1 heterocycles. The number of aromatic nitrogens is 2. The lowest BCUT2D eigenvalue weighted by atomic mass is 10.2.